The third-order valence-electron chi connectivity index (χ3n) is 7.76. The number of methoxy groups -OCH3 is 1. The number of nitrogens with zero attached hydrogens (tertiary/aromatic N) is 1. The van der Waals surface area contributed by atoms with Crippen molar-refractivity contribution in [3.05, 3.63) is 101 Å². The number of carbonyl (C=O) groups is 2. The first kappa shape index (κ1) is 24.7. The van der Waals surface area contributed by atoms with Gasteiger partial charge in [-0.15, -0.1) is 0 Å². The average Bonchev–Trinajstić information content (AvgIpc) is 3.34. The molecule has 1 fully saturated rings. The number of nitrogens with one attached hydrogen (secondary N) is 1. The molecule has 0 saturated carbocycles. The van der Waals surface area contributed by atoms with E-state index in [2.05, 4.69) is 29.2 Å². The molecule has 0 spiro atoms. The molecule has 0 aliphatic carbocycles. The first-order valence-corrected chi connectivity index (χ1v) is 13.0. The molecule has 0 radical (unpaired) electrons. The van der Waals surface area contributed by atoms with Gasteiger partial charge in [0.1, 0.15) is 0 Å². The third-order valence-corrected chi connectivity index (χ3v) is 7.76. The van der Waals surface area contributed by atoms with Crippen LogP contribution < -0.4 is 10.5 Å². The van der Waals surface area contributed by atoms with Gasteiger partial charge in [-0.1, -0.05) is 36.4 Å². The van der Waals surface area contributed by atoms with E-state index < -0.39 is 11.7 Å². The van der Waals surface area contributed by atoms with E-state index in [1.807, 2.05) is 35.2 Å². The highest BCUT2D eigenvalue weighted by Crippen LogP contribution is 2.35. The van der Waals surface area contributed by atoms with Crippen LogP contribution in [-0.2, 0) is 0 Å². The number of hydrogen-bond donors (Lipinski definition) is 2. The van der Waals surface area contributed by atoms with Gasteiger partial charge in [-0.3, -0.25) is 9.59 Å². The van der Waals surface area contributed by atoms with E-state index in [0.717, 1.165) is 29.1 Å². The maximum absolute atomic E-state index is 14.5. The summed E-state index contributed by atoms with van der Waals surface area (Å²) in [6.07, 6.45) is 1.85. The van der Waals surface area contributed by atoms with E-state index in [0.29, 0.717) is 46.8 Å². The largest absolute Gasteiger partial charge is 0.494 e. The van der Waals surface area contributed by atoms with Crippen molar-refractivity contribution in [2.75, 3.05) is 20.2 Å². The average molecular weight is 522 g/mol. The highest BCUT2D eigenvalue weighted by Gasteiger charge is 2.25. The molecule has 39 heavy (non-hydrogen) atoms. The zero-order valence-corrected chi connectivity index (χ0v) is 21.5. The molecule has 7 heteroatoms. The van der Waals surface area contributed by atoms with Crippen molar-refractivity contribution in [3.63, 3.8) is 0 Å². The zero-order chi connectivity index (χ0) is 27.1. The molecule has 3 N–H and O–H groups in total. The molecule has 1 aliphatic heterocycles. The lowest BCUT2D eigenvalue weighted by Gasteiger charge is -2.32. The van der Waals surface area contributed by atoms with Crippen LogP contribution in [0.5, 0.6) is 5.75 Å². The third kappa shape index (κ3) is 4.50. The van der Waals surface area contributed by atoms with Gasteiger partial charge in [-0.25, -0.2) is 4.39 Å². The first-order valence-electron chi connectivity index (χ1n) is 13.0. The normalized spacial score (nSPS) is 14.2. The summed E-state index contributed by atoms with van der Waals surface area (Å²) >= 11 is 0. The highest BCUT2D eigenvalue weighted by molar-refractivity contribution is 6.17. The van der Waals surface area contributed by atoms with E-state index in [1.165, 1.54) is 18.7 Å². The lowest BCUT2D eigenvalue weighted by Crippen LogP contribution is -2.37. The molecular formula is C32H28FN3O3. The number of fused-ring (bicyclic) bond motifs is 3. The van der Waals surface area contributed by atoms with Crippen LogP contribution in [0.2, 0.25) is 0 Å². The van der Waals surface area contributed by atoms with Crippen molar-refractivity contribution in [2.24, 2.45) is 5.73 Å². The summed E-state index contributed by atoms with van der Waals surface area (Å²) in [6, 6.07) is 24.2. The Morgan fingerprint density at radius 2 is 1.69 bits per heavy atom. The van der Waals surface area contributed by atoms with Crippen molar-refractivity contribution >= 4 is 33.6 Å². The number of likely N-dealkylation sites (tertiary alicyclic amines) is 1. The lowest BCUT2D eigenvalue weighted by atomic mass is 9.89. The molecule has 2 amide bonds. The van der Waals surface area contributed by atoms with Crippen molar-refractivity contribution in [3.8, 4) is 16.9 Å². The Kier molecular flexibility index (Phi) is 6.27. The number of nitrogens with two attached hydrogens (primary N) is 1. The predicted molar refractivity (Wildman–Crippen MR) is 151 cm³/mol. The number of amides is 2. The summed E-state index contributed by atoms with van der Waals surface area (Å²) < 4.78 is 19.5. The number of primary amides is 1. The SMILES string of the molecule is COc1ccc(-c2cc(C(N)=O)c3[nH]c4ccc(C(=O)N5CCC(c6ccccc6)CC5)cc4c3c2)cc1F. The molecule has 6 nitrogen and oxygen atoms in total. The Morgan fingerprint density at radius 3 is 2.38 bits per heavy atom. The Labute approximate surface area is 225 Å². The second-order valence-electron chi connectivity index (χ2n) is 10.0. The molecule has 0 unspecified atom stereocenters. The van der Waals surface area contributed by atoms with Crippen molar-refractivity contribution in [1.82, 2.24) is 9.88 Å². The smallest absolute Gasteiger partial charge is 0.253 e. The molecular weight excluding hydrogens is 493 g/mol. The van der Waals surface area contributed by atoms with E-state index in [-0.39, 0.29) is 11.7 Å². The van der Waals surface area contributed by atoms with Crippen LogP contribution >= 0.6 is 0 Å². The number of ether oxygens (including phenoxy) is 1. The minimum atomic E-state index is -0.597. The maximum Gasteiger partial charge on any atom is 0.253 e. The van der Waals surface area contributed by atoms with Gasteiger partial charge in [0.05, 0.1) is 18.2 Å². The molecule has 0 atom stereocenters. The fourth-order valence-corrected chi connectivity index (χ4v) is 5.66. The van der Waals surface area contributed by atoms with Crippen LogP contribution in [0.1, 0.15) is 45.0 Å². The fourth-order valence-electron chi connectivity index (χ4n) is 5.66. The summed E-state index contributed by atoms with van der Waals surface area (Å²) in [4.78, 5) is 31.1. The van der Waals surface area contributed by atoms with Crippen LogP contribution in [0.3, 0.4) is 0 Å². The van der Waals surface area contributed by atoms with Gasteiger partial charge in [0.15, 0.2) is 11.6 Å². The number of aromatic amines is 1. The summed E-state index contributed by atoms with van der Waals surface area (Å²) in [5, 5.41) is 1.54. The predicted octanol–water partition coefficient (Wildman–Crippen LogP) is 6.25. The Balaban J connectivity index is 1.35. The minimum Gasteiger partial charge on any atom is -0.494 e. The molecule has 1 saturated heterocycles. The van der Waals surface area contributed by atoms with Crippen molar-refractivity contribution in [2.45, 2.75) is 18.8 Å². The fraction of sp³-hybridized carbons (Fsp3) is 0.188. The molecule has 1 aliphatic rings. The number of piperidine rings is 1. The first-order chi connectivity index (χ1) is 18.9. The number of carbonyl (C=O) groups excluding carboxylic acids is 2. The van der Waals surface area contributed by atoms with Crippen LogP contribution in [-0.4, -0.2) is 41.9 Å². The van der Waals surface area contributed by atoms with Gasteiger partial charge in [-0.05, 0) is 77.9 Å². The monoisotopic (exact) mass is 521 g/mol. The summed E-state index contributed by atoms with van der Waals surface area (Å²) in [5.41, 5.74) is 10.5. The Bertz CT molecular complexity index is 1720. The van der Waals surface area contributed by atoms with Gasteiger partial charge in [0.25, 0.3) is 11.8 Å². The number of hydrogen-bond acceptors (Lipinski definition) is 3. The van der Waals surface area contributed by atoms with Gasteiger partial charge in [-0.2, -0.15) is 0 Å². The summed E-state index contributed by atoms with van der Waals surface area (Å²) in [5.74, 6) is -0.516. The minimum absolute atomic E-state index is 0.0127. The van der Waals surface area contributed by atoms with Crippen LogP contribution in [0.4, 0.5) is 4.39 Å². The summed E-state index contributed by atoms with van der Waals surface area (Å²) in [7, 11) is 1.41. The molecule has 1 aromatic heterocycles. The van der Waals surface area contributed by atoms with Gasteiger partial charge < -0.3 is 20.4 Å². The molecule has 0 bridgehead atoms. The number of aromatic nitrogens is 1. The van der Waals surface area contributed by atoms with E-state index in [4.69, 9.17) is 10.5 Å². The highest BCUT2D eigenvalue weighted by atomic mass is 19.1. The molecule has 2 heterocycles. The topological polar surface area (TPSA) is 88.4 Å². The molecule has 4 aromatic carbocycles. The van der Waals surface area contributed by atoms with Crippen LogP contribution in [0.15, 0.2) is 78.9 Å². The van der Waals surface area contributed by atoms with Gasteiger partial charge in [0, 0.05) is 34.9 Å². The number of benzene rings is 4. The van der Waals surface area contributed by atoms with E-state index in [9.17, 15) is 14.0 Å². The van der Waals surface area contributed by atoms with Crippen molar-refractivity contribution in [1.29, 1.82) is 0 Å². The second kappa shape index (κ2) is 9.91. The van der Waals surface area contributed by atoms with E-state index >= 15 is 0 Å². The maximum atomic E-state index is 14.5. The molecule has 5 aromatic rings. The van der Waals surface area contributed by atoms with Gasteiger partial charge >= 0.3 is 0 Å². The number of rotatable bonds is 5. The van der Waals surface area contributed by atoms with Gasteiger partial charge in [0.2, 0.25) is 0 Å². The van der Waals surface area contributed by atoms with E-state index in [1.54, 1.807) is 18.2 Å². The molecule has 196 valence electrons. The molecule has 6 rings (SSSR count). The number of H-pyrrole nitrogens is 1. The Hall–Kier alpha value is -4.65. The summed E-state index contributed by atoms with van der Waals surface area (Å²) in [6.45, 7) is 1.40. The lowest BCUT2D eigenvalue weighted by molar-refractivity contribution is 0.0713. The van der Waals surface area contributed by atoms with Crippen LogP contribution in [0, 0.1) is 5.82 Å². The second-order valence-corrected chi connectivity index (χ2v) is 10.0. The number of halogens is 1. The zero-order valence-electron chi connectivity index (χ0n) is 21.5. The Morgan fingerprint density at radius 1 is 0.923 bits per heavy atom. The van der Waals surface area contributed by atoms with Crippen molar-refractivity contribution < 1.29 is 18.7 Å². The van der Waals surface area contributed by atoms with Crippen LogP contribution in [0.25, 0.3) is 32.9 Å². The standard InChI is InChI=1S/C32H28FN3O3/c1-39-29-10-8-21(18-27(29)33)23-16-25-24-15-22(7-9-28(24)35-30(25)26(17-23)31(34)37)32(38)36-13-11-20(12-14-36)19-5-3-2-4-6-19/h2-10,15-18,20,35H,11-14H2,1H3,(H2,34,37). The quantitative estimate of drug-likeness (QED) is 0.286.